The number of carbonyl (C=O) groups is 1. The van der Waals surface area contributed by atoms with Gasteiger partial charge in [-0.05, 0) is 65.4 Å². The number of carboxylic acid groups (broad SMARTS) is 1. The lowest BCUT2D eigenvalue weighted by Crippen LogP contribution is -2.10. The Morgan fingerprint density at radius 3 is 2.55 bits per heavy atom. The maximum atomic E-state index is 11.0. The van der Waals surface area contributed by atoms with Crippen LogP contribution in [0.4, 0.5) is 0 Å². The number of hydrogen-bond donors (Lipinski definition) is 2. The Morgan fingerprint density at radius 1 is 0.935 bits per heavy atom. The van der Waals surface area contributed by atoms with Gasteiger partial charge in [0.15, 0.2) is 0 Å². The van der Waals surface area contributed by atoms with Gasteiger partial charge in [-0.15, -0.1) is 0 Å². The summed E-state index contributed by atoms with van der Waals surface area (Å²) < 4.78 is 11.7. The van der Waals surface area contributed by atoms with E-state index in [1.165, 1.54) is 0 Å². The van der Waals surface area contributed by atoms with Gasteiger partial charge in [0, 0.05) is 23.7 Å². The second-order valence-electron chi connectivity index (χ2n) is 7.13. The fourth-order valence-corrected chi connectivity index (χ4v) is 3.61. The zero-order chi connectivity index (χ0) is 21.6. The summed E-state index contributed by atoms with van der Waals surface area (Å²) in [7, 11) is 0. The molecule has 0 unspecified atom stereocenters. The van der Waals surface area contributed by atoms with Crippen LogP contribution >= 0.6 is 11.6 Å². The smallest absolute Gasteiger partial charge is 0.303 e. The lowest BCUT2D eigenvalue weighted by atomic mass is 9.99. The van der Waals surface area contributed by atoms with Crippen LogP contribution in [-0.2, 0) is 11.2 Å². The second kappa shape index (κ2) is 9.58. The first kappa shape index (κ1) is 20.8. The van der Waals surface area contributed by atoms with Crippen molar-refractivity contribution in [2.24, 2.45) is 0 Å². The zero-order valence-electron chi connectivity index (χ0n) is 16.8. The molecule has 31 heavy (non-hydrogen) atoms. The molecule has 4 aromatic rings. The van der Waals surface area contributed by atoms with Crippen LogP contribution in [0.2, 0.25) is 5.02 Å². The SMILES string of the molecule is O=C(O)CCc1ccc(OCCOc2ccccc2Cl)c(-c2ccc3[nH]ccc3c2)c1. The number of carboxylic acids is 1. The topological polar surface area (TPSA) is 71.6 Å². The summed E-state index contributed by atoms with van der Waals surface area (Å²) in [5.74, 6) is 0.527. The predicted molar refractivity (Wildman–Crippen MR) is 122 cm³/mol. The van der Waals surface area contributed by atoms with E-state index in [4.69, 9.17) is 26.2 Å². The largest absolute Gasteiger partial charge is 0.489 e. The first-order chi connectivity index (χ1) is 15.1. The third-order valence-corrected chi connectivity index (χ3v) is 5.28. The number of benzene rings is 3. The molecule has 2 N–H and O–H groups in total. The molecule has 4 rings (SSSR count). The van der Waals surface area contributed by atoms with Crippen LogP contribution in [0.1, 0.15) is 12.0 Å². The fraction of sp³-hybridized carbons (Fsp3) is 0.160. The van der Waals surface area contributed by atoms with E-state index < -0.39 is 5.97 Å². The third-order valence-electron chi connectivity index (χ3n) is 4.97. The molecule has 0 fully saturated rings. The predicted octanol–water partition coefficient (Wildman–Crippen LogP) is 5.96. The van der Waals surface area contributed by atoms with Gasteiger partial charge in [0.2, 0.25) is 0 Å². The average molecular weight is 436 g/mol. The number of fused-ring (bicyclic) bond motifs is 1. The van der Waals surface area contributed by atoms with Crippen LogP contribution in [0.3, 0.4) is 0 Å². The molecular weight excluding hydrogens is 414 g/mol. The van der Waals surface area contributed by atoms with Gasteiger partial charge >= 0.3 is 5.97 Å². The van der Waals surface area contributed by atoms with Crippen molar-refractivity contribution < 1.29 is 19.4 Å². The van der Waals surface area contributed by atoms with Crippen molar-refractivity contribution >= 4 is 28.5 Å². The first-order valence-electron chi connectivity index (χ1n) is 10.0. The number of aryl methyl sites for hydroxylation is 1. The summed E-state index contributed by atoms with van der Waals surface area (Å²) in [5.41, 5.74) is 3.93. The highest BCUT2D eigenvalue weighted by Crippen LogP contribution is 2.33. The molecule has 1 aromatic heterocycles. The lowest BCUT2D eigenvalue weighted by molar-refractivity contribution is -0.136. The van der Waals surface area contributed by atoms with Crippen LogP contribution in [0.15, 0.2) is 72.9 Å². The molecule has 3 aromatic carbocycles. The molecular formula is C25H22ClNO4. The molecule has 0 bridgehead atoms. The summed E-state index contributed by atoms with van der Waals surface area (Å²) in [4.78, 5) is 14.2. The lowest BCUT2D eigenvalue weighted by Gasteiger charge is -2.14. The van der Waals surface area contributed by atoms with Gasteiger partial charge < -0.3 is 19.6 Å². The van der Waals surface area contributed by atoms with Gasteiger partial charge in [-0.2, -0.15) is 0 Å². The van der Waals surface area contributed by atoms with E-state index in [0.717, 1.165) is 33.3 Å². The number of aliphatic carboxylic acids is 1. The molecule has 0 aliphatic carbocycles. The Kier molecular flexibility index (Phi) is 6.43. The van der Waals surface area contributed by atoms with E-state index in [-0.39, 0.29) is 6.42 Å². The van der Waals surface area contributed by atoms with Crippen LogP contribution in [-0.4, -0.2) is 29.3 Å². The molecule has 0 saturated carbocycles. The summed E-state index contributed by atoms with van der Waals surface area (Å²) in [6, 6.07) is 21.3. The van der Waals surface area contributed by atoms with Gasteiger partial charge in [0.05, 0.1) is 5.02 Å². The monoisotopic (exact) mass is 435 g/mol. The number of nitrogens with one attached hydrogen (secondary N) is 1. The Labute approximate surface area is 185 Å². The summed E-state index contributed by atoms with van der Waals surface area (Å²) in [6.45, 7) is 0.694. The molecule has 0 radical (unpaired) electrons. The average Bonchev–Trinajstić information content (AvgIpc) is 3.24. The highest BCUT2D eigenvalue weighted by Gasteiger charge is 2.11. The number of para-hydroxylation sites is 1. The maximum Gasteiger partial charge on any atom is 0.303 e. The molecule has 0 spiro atoms. The summed E-state index contributed by atoms with van der Waals surface area (Å²) in [5, 5.41) is 10.7. The van der Waals surface area contributed by atoms with Crippen LogP contribution in [0, 0.1) is 0 Å². The van der Waals surface area contributed by atoms with E-state index in [1.54, 1.807) is 6.07 Å². The second-order valence-corrected chi connectivity index (χ2v) is 7.54. The molecule has 0 atom stereocenters. The molecule has 0 aliphatic heterocycles. The molecule has 0 saturated heterocycles. The van der Waals surface area contributed by atoms with Crippen molar-refractivity contribution in [2.45, 2.75) is 12.8 Å². The maximum absolute atomic E-state index is 11.0. The normalized spacial score (nSPS) is 10.9. The molecule has 5 nitrogen and oxygen atoms in total. The number of aromatic amines is 1. The molecule has 0 amide bonds. The van der Waals surface area contributed by atoms with Crippen molar-refractivity contribution in [1.29, 1.82) is 0 Å². The van der Waals surface area contributed by atoms with Crippen molar-refractivity contribution in [3.05, 3.63) is 83.5 Å². The molecule has 6 heteroatoms. The number of rotatable bonds is 9. The van der Waals surface area contributed by atoms with Crippen LogP contribution < -0.4 is 9.47 Å². The first-order valence-corrected chi connectivity index (χ1v) is 10.4. The van der Waals surface area contributed by atoms with Gasteiger partial charge in [-0.1, -0.05) is 35.9 Å². The minimum absolute atomic E-state index is 0.0855. The van der Waals surface area contributed by atoms with Gasteiger partial charge in [0.25, 0.3) is 0 Å². The van der Waals surface area contributed by atoms with Crippen LogP contribution in [0.25, 0.3) is 22.0 Å². The number of hydrogen-bond acceptors (Lipinski definition) is 3. The Hall–Kier alpha value is -3.44. The summed E-state index contributed by atoms with van der Waals surface area (Å²) >= 11 is 6.12. The van der Waals surface area contributed by atoms with Gasteiger partial charge in [-0.3, -0.25) is 4.79 Å². The quantitative estimate of drug-likeness (QED) is 0.318. The van der Waals surface area contributed by atoms with Crippen LogP contribution in [0.5, 0.6) is 11.5 Å². The van der Waals surface area contributed by atoms with Gasteiger partial charge in [-0.25, -0.2) is 0 Å². The number of halogens is 1. The Morgan fingerprint density at radius 2 is 1.74 bits per heavy atom. The highest BCUT2D eigenvalue weighted by atomic mass is 35.5. The Balaban J connectivity index is 1.53. The van der Waals surface area contributed by atoms with E-state index in [2.05, 4.69) is 11.1 Å². The Bertz CT molecular complexity index is 1200. The summed E-state index contributed by atoms with van der Waals surface area (Å²) in [6.07, 6.45) is 2.45. The standard InChI is InChI=1S/C25H22ClNO4/c26-21-3-1-2-4-24(21)31-14-13-30-23-9-5-17(6-10-25(28)29)15-20(23)18-7-8-22-19(16-18)11-12-27-22/h1-5,7-9,11-12,15-16,27H,6,10,13-14H2,(H,28,29). The number of ether oxygens (including phenoxy) is 2. The van der Waals surface area contributed by atoms with Crippen molar-refractivity contribution in [1.82, 2.24) is 4.98 Å². The number of aromatic nitrogens is 1. The fourth-order valence-electron chi connectivity index (χ4n) is 3.42. The van der Waals surface area contributed by atoms with Crippen molar-refractivity contribution in [3.63, 3.8) is 0 Å². The molecule has 1 heterocycles. The van der Waals surface area contributed by atoms with E-state index in [1.807, 2.05) is 60.8 Å². The molecule has 158 valence electrons. The van der Waals surface area contributed by atoms with E-state index in [0.29, 0.717) is 30.4 Å². The van der Waals surface area contributed by atoms with Gasteiger partial charge in [0.1, 0.15) is 24.7 Å². The van der Waals surface area contributed by atoms with E-state index in [9.17, 15) is 4.79 Å². The minimum Gasteiger partial charge on any atom is -0.489 e. The zero-order valence-corrected chi connectivity index (χ0v) is 17.6. The third kappa shape index (κ3) is 5.19. The highest BCUT2D eigenvalue weighted by molar-refractivity contribution is 6.32. The molecule has 0 aliphatic rings. The minimum atomic E-state index is -0.813. The van der Waals surface area contributed by atoms with Crippen molar-refractivity contribution in [2.75, 3.05) is 13.2 Å². The van der Waals surface area contributed by atoms with Crippen molar-refractivity contribution in [3.8, 4) is 22.6 Å². The van der Waals surface area contributed by atoms with E-state index >= 15 is 0 Å². The number of H-pyrrole nitrogens is 1.